The van der Waals surface area contributed by atoms with Gasteiger partial charge in [0.15, 0.2) is 0 Å². The van der Waals surface area contributed by atoms with E-state index in [0.29, 0.717) is 17.9 Å². The van der Waals surface area contributed by atoms with Gasteiger partial charge in [0.1, 0.15) is 5.82 Å². The largest absolute Gasteiger partial charge is 0.345 e. The number of rotatable bonds is 7. The van der Waals surface area contributed by atoms with Crippen molar-refractivity contribution in [3.63, 3.8) is 0 Å². The Morgan fingerprint density at radius 2 is 1.71 bits per heavy atom. The van der Waals surface area contributed by atoms with Crippen molar-refractivity contribution in [2.24, 2.45) is 0 Å². The molecule has 0 aliphatic heterocycles. The van der Waals surface area contributed by atoms with Gasteiger partial charge in [-0.1, -0.05) is 42.0 Å². The number of benzene rings is 3. The summed E-state index contributed by atoms with van der Waals surface area (Å²) in [6.07, 6.45) is 0. The predicted molar refractivity (Wildman–Crippen MR) is 124 cm³/mol. The molecule has 3 aromatic carbocycles. The smallest absolute Gasteiger partial charge is 0.252 e. The number of carbonyl (C=O) groups is 2. The number of fused-ring (bicyclic) bond motifs is 1. The van der Waals surface area contributed by atoms with E-state index in [-0.39, 0.29) is 17.6 Å². The zero-order valence-electron chi connectivity index (χ0n) is 17.0. The Labute approximate surface area is 184 Å². The van der Waals surface area contributed by atoms with Crippen molar-refractivity contribution in [3.8, 4) is 0 Å². The normalized spacial score (nSPS) is 10.7. The van der Waals surface area contributed by atoms with Crippen molar-refractivity contribution < 1.29 is 9.59 Å². The summed E-state index contributed by atoms with van der Waals surface area (Å²) in [4.78, 5) is 33.5. The van der Waals surface area contributed by atoms with Crippen molar-refractivity contribution in [1.29, 1.82) is 0 Å². The number of hydrogen-bond donors (Lipinski definition) is 3. The van der Waals surface area contributed by atoms with Gasteiger partial charge >= 0.3 is 0 Å². The summed E-state index contributed by atoms with van der Waals surface area (Å²) >= 11 is 1.34. The van der Waals surface area contributed by atoms with Gasteiger partial charge in [-0.3, -0.25) is 9.59 Å². The lowest BCUT2D eigenvalue weighted by Gasteiger charge is -2.10. The SMILES string of the molecule is Cc1ccc(NC(=O)CSc2ccccc2C(=O)NCc2nc3ccccc3[nH]2)cc1. The Bertz CT molecular complexity index is 1180. The minimum Gasteiger partial charge on any atom is -0.345 e. The molecule has 0 bridgehead atoms. The van der Waals surface area contributed by atoms with Crippen molar-refractivity contribution in [3.05, 3.63) is 89.7 Å². The minimum atomic E-state index is -0.206. The van der Waals surface area contributed by atoms with Gasteiger partial charge in [-0.25, -0.2) is 4.98 Å². The second-order valence-electron chi connectivity index (χ2n) is 7.08. The van der Waals surface area contributed by atoms with Crippen LogP contribution in [0.2, 0.25) is 0 Å². The fraction of sp³-hybridized carbons (Fsp3) is 0.125. The zero-order valence-corrected chi connectivity index (χ0v) is 17.8. The van der Waals surface area contributed by atoms with E-state index in [4.69, 9.17) is 0 Å². The van der Waals surface area contributed by atoms with Gasteiger partial charge in [-0.15, -0.1) is 11.8 Å². The fourth-order valence-electron chi connectivity index (χ4n) is 3.11. The highest BCUT2D eigenvalue weighted by atomic mass is 32.2. The van der Waals surface area contributed by atoms with E-state index in [0.717, 1.165) is 27.2 Å². The molecule has 2 amide bonds. The van der Waals surface area contributed by atoms with Gasteiger partial charge in [0.25, 0.3) is 5.91 Å². The van der Waals surface area contributed by atoms with E-state index in [2.05, 4.69) is 20.6 Å². The number of imidazole rings is 1. The van der Waals surface area contributed by atoms with Gasteiger partial charge in [0.05, 0.1) is 28.9 Å². The second kappa shape index (κ2) is 9.49. The van der Waals surface area contributed by atoms with Crippen LogP contribution >= 0.6 is 11.8 Å². The summed E-state index contributed by atoms with van der Waals surface area (Å²) in [5.41, 5.74) is 4.22. The maximum atomic E-state index is 12.8. The standard InChI is InChI=1S/C24H22N4O2S/c1-16-10-12-17(13-11-16)26-23(29)15-31-21-9-5-2-6-18(21)24(30)25-14-22-27-19-7-3-4-8-20(19)28-22/h2-13H,14-15H2,1H3,(H,25,30)(H,26,29)(H,27,28). The molecule has 0 atom stereocenters. The van der Waals surface area contributed by atoms with Crippen LogP contribution in [0.4, 0.5) is 5.69 Å². The van der Waals surface area contributed by atoms with E-state index in [1.165, 1.54) is 11.8 Å². The number of hydrogen-bond acceptors (Lipinski definition) is 4. The van der Waals surface area contributed by atoms with Crippen molar-refractivity contribution in [2.75, 3.05) is 11.1 Å². The molecule has 0 spiro atoms. The van der Waals surface area contributed by atoms with Crippen molar-refractivity contribution in [2.45, 2.75) is 18.4 Å². The Morgan fingerprint density at radius 1 is 0.968 bits per heavy atom. The first-order chi connectivity index (χ1) is 15.1. The summed E-state index contributed by atoms with van der Waals surface area (Å²) in [7, 11) is 0. The van der Waals surface area contributed by atoms with Crippen LogP contribution in [-0.2, 0) is 11.3 Å². The molecule has 0 saturated carbocycles. The lowest BCUT2D eigenvalue weighted by atomic mass is 10.2. The lowest BCUT2D eigenvalue weighted by molar-refractivity contribution is -0.113. The fourth-order valence-corrected chi connectivity index (χ4v) is 3.96. The van der Waals surface area contributed by atoms with Crippen LogP contribution in [0.5, 0.6) is 0 Å². The number of anilines is 1. The third-order valence-electron chi connectivity index (χ3n) is 4.68. The van der Waals surface area contributed by atoms with Gasteiger partial charge in [0, 0.05) is 10.6 Å². The molecule has 156 valence electrons. The van der Waals surface area contributed by atoms with E-state index < -0.39 is 0 Å². The molecular formula is C24H22N4O2S. The average Bonchev–Trinajstić information content (AvgIpc) is 3.21. The van der Waals surface area contributed by atoms with Gasteiger partial charge in [-0.2, -0.15) is 0 Å². The number of aromatic nitrogens is 2. The molecular weight excluding hydrogens is 408 g/mol. The van der Waals surface area contributed by atoms with Crippen LogP contribution in [0, 0.1) is 6.92 Å². The number of para-hydroxylation sites is 2. The number of nitrogens with one attached hydrogen (secondary N) is 3. The molecule has 6 nitrogen and oxygen atoms in total. The molecule has 4 aromatic rings. The molecule has 3 N–H and O–H groups in total. The minimum absolute atomic E-state index is 0.119. The summed E-state index contributed by atoms with van der Waals surface area (Å²) < 4.78 is 0. The van der Waals surface area contributed by atoms with Crippen LogP contribution in [-0.4, -0.2) is 27.5 Å². The molecule has 0 aliphatic carbocycles. The first kappa shape index (κ1) is 20.7. The molecule has 0 unspecified atom stereocenters. The maximum Gasteiger partial charge on any atom is 0.252 e. The highest BCUT2D eigenvalue weighted by Crippen LogP contribution is 2.23. The summed E-state index contributed by atoms with van der Waals surface area (Å²) in [5.74, 6) is 0.577. The highest BCUT2D eigenvalue weighted by Gasteiger charge is 2.13. The van der Waals surface area contributed by atoms with Crippen molar-refractivity contribution in [1.82, 2.24) is 15.3 Å². The molecule has 31 heavy (non-hydrogen) atoms. The number of thioether (sulfide) groups is 1. The van der Waals surface area contributed by atoms with E-state index in [1.807, 2.05) is 73.7 Å². The molecule has 1 aromatic heterocycles. The zero-order chi connectivity index (χ0) is 21.6. The number of aryl methyl sites for hydroxylation is 1. The van der Waals surface area contributed by atoms with Crippen LogP contribution in [0.1, 0.15) is 21.7 Å². The molecule has 7 heteroatoms. The van der Waals surface area contributed by atoms with Crippen molar-refractivity contribution >= 4 is 40.3 Å². The average molecular weight is 431 g/mol. The molecule has 0 aliphatic rings. The number of H-pyrrole nitrogens is 1. The van der Waals surface area contributed by atoms with Gasteiger partial charge in [0.2, 0.25) is 5.91 Å². The number of carbonyl (C=O) groups excluding carboxylic acids is 2. The quantitative estimate of drug-likeness (QED) is 0.376. The number of amides is 2. The topological polar surface area (TPSA) is 86.9 Å². The Balaban J connectivity index is 1.36. The second-order valence-corrected chi connectivity index (χ2v) is 8.10. The van der Waals surface area contributed by atoms with E-state index >= 15 is 0 Å². The number of aromatic amines is 1. The molecule has 0 saturated heterocycles. The summed E-state index contributed by atoms with van der Waals surface area (Å²) in [5, 5.41) is 5.78. The van der Waals surface area contributed by atoms with Gasteiger partial charge < -0.3 is 15.6 Å². The first-order valence-corrected chi connectivity index (χ1v) is 10.9. The third-order valence-corrected chi connectivity index (χ3v) is 5.75. The maximum absolute atomic E-state index is 12.8. The molecule has 0 fully saturated rings. The Morgan fingerprint density at radius 3 is 2.52 bits per heavy atom. The van der Waals surface area contributed by atoms with Crippen LogP contribution in [0.3, 0.4) is 0 Å². The molecule has 4 rings (SSSR count). The Hall–Kier alpha value is -3.58. The first-order valence-electron chi connectivity index (χ1n) is 9.88. The van der Waals surface area contributed by atoms with E-state index in [1.54, 1.807) is 6.07 Å². The molecule has 1 heterocycles. The highest BCUT2D eigenvalue weighted by molar-refractivity contribution is 8.00. The monoisotopic (exact) mass is 430 g/mol. The van der Waals surface area contributed by atoms with Crippen LogP contribution < -0.4 is 10.6 Å². The summed E-state index contributed by atoms with van der Waals surface area (Å²) in [6.45, 7) is 2.29. The lowest BCUT2D eigenvalue weighted by Crippen LogP contribution is -2.24. The Kier molecular flexibility index (Phi) is 6.33. The van der Waals surface area contributed by atoms with E-state index in [9.17, 15) is 9.59 Å². The third kappa shape index (κ3) is 5.32. The number of nitrogens with zero attached hydrogens (tertiary/aromatic N) is 1. The summed E-state index contributed by atoms with van der Waals surface area (Å²) in [6, 6.07) is 22.6. The van der Waals surface area contributed by atoms with Crippen LogP contribution in [0.25, 0.3) is 11.0 Å². The predicted octanol–water partition coefficient (Wildman–Crippen LogP) is 4.53. The van der Waals surface area contributed by atoms with Crippen LogP contribution in [0.15, 0.2) is 77.7 Å². The van der Waals surface area contributed by atoms with Gasteiger partial charge in [-0.05, 0) is 43.3 Å². The molecule has 0 radical (unpaired) electrons.